The van der Waals surface area contributed by atoms with E-state index in [0.29, 0.717) is 6.04 Å². The van der Waals surface area contributed by atoms with Crippen molar-refractivity contribution in [3.05, 3.63) is 35.4 Å². The highest BCUT2D eigenvalue weighted by Crippen LogP contribution is 2.29. The van der Waals surface area contributed by atoms with E-state index >= 15 is 0 Å². The van der Waals surface area contributed by atoms with Crippen molar-refractivity contribution in [2.45, 2.75) is 71.8 Å². The Morgan fingerprint density at radius 3 is 2.29 bits per heavy atom. The number of hydrogen-bond acceptors (Lipinski definition) is 1. The predicted molar refractivity (Wildman–Crippen MR) is 92.7 cm³/mol. The largest absolute Gasteiger partial charge is 0.310 e. The molecule has 1 N–H and O–H groups in total. The molecular weight excluding hydrogens is 254 g/mol. The lowest BCUT2D eigenvalue weighted by molar-refractivity contribution is 0.242. The van der Waals surface area contributed by atoms with Gasteiger partial charge in [0.05, 0.1) is 0 Å². The van der Waals surface area contributed by atoms with Gasteiger partial charge in [0.1, 0.15) is 0 Å². The van der Waals surface area contributed by atoms with Crippen LogP contribution in [0.4, 0.5) is 0 Å². The van der Waals surface area contributed by atoms with Gasteiger partial charge in [-0.1, -0.05) is 71.2 Å². The van der Waals surface area contributed by atoms with Crippen LogP contribution in [-0.2, 0) is 5.41 Å². The molecule has 0 aromatic heterocycles. The first-order valence-corrected chi connectivity index (χ1v) is 8.72. The van der Waals surface area contributed by atoms with E-state index < -0.39 is 0 Å². The normalized spacial score (nSPS) is 24.8. The third-order valence-electron chi connectivity index (χ3n) is 5.25. The summed E-state index contributed by atoms with van der Waals surface area (Å²) in [6.45, 7) is 12.7. The van der Waals surface area contributed by atoms with Crippen LogP contribution in [0.5, 0.6) is 0 Å². The molecule has 1 aliphatic carbocycles. The minimum atomic E-state index is 0.243. The molecule has 1 heteroatoms. The number of hydrogen-bond donors (Lipinski definition) is 1. The minimum absolute atomic E-state index is 0.243. The van der Waals surface area contributed by atoms with Gasteiger partial charge in [-0.05, 0) is 48.3 Å². The second kappa shape index (κ2) is 6.96. The molecule has 2 rings (SSSR count). The van der Waals surface area contributed by atoms with Crippen molar-refractivity contribution in [3.8, 4) is 0 Å². The lowest BCUT2D eigenvalue weighted by atomic mass is 9.80. The van der Waals surface area contributed by atoms with E-state index in [9.17, 15) is 0 Å². The van der Waals surface area contributed by atoms with Crippen LogP contribution in [0.15, 0.2) is 24.3 Å². The van der Waals surface area contributed by atoms with Gasteiger partial charge < -0.3 is 5.32 Å². The van der Waals surface area contributed by atoms with E-state index in [0.717, 1.165) is 11.8 Å². The number of nitrogens with one attached hydrogen (secondary N) is 1. The molecule has 3 unspecified atom stereocenters. The highest BCUT2D eigenvalue weighted by atomic mass is 14.9. The monoisotopic (exact) mass is 287 g/mol. The fourth-order valence-electron chi connectivity index (χ4n) is 3.41. The van der Waals surface area contributed by atoms with E-state index in [2.05, 4.69) is 64.2 Å². The van der Waals surface area contributed by atoms with Crippen LogP contribution in [0.1, 0.15) is 77.5 Å². The smallest absolute Gasteiger partial charge is 0.0291 e. The van der Waals surface area contributed by atoms with Crippen LogP contribution in [0.2, 0.25) is 0 Å². The maximum atomic E-state index is 3.76. The maximum absolute atomic E-state index is 3.76. The lowest BCUT2D eigenvalue weighted by Gasteiger charge is -2.30. The van der Waals surface area contributed by atoms with E-state index in [1.807, 2.05) is 0 Å². The van der Waals surface area contributed by atoms with Gasteiger partial charge in [-0.3, -0.25) is 0 Å². The zero-order valence-electron chi connectivity index (χ0n) is 14.6. The summed E-state index contributed by atoms with van der Waals surface area (Å²) in [6, 6.07) is 9.62. The topological polar surface area (TPSA) is 12.0 Å². The van der Waals surface area contributed by atoms with Crippen LogP contribution < -0.4 is 5.32 Å². The van der Waals surface area contributed by atoms with E-state index in [1.54, 1.807) is 0 Å². The number of rotatable bonds is 4. The van der Waals surface area contributed by atoms with Crippen molar-refractivity contribution in [1.29, 1.82) is 0 Å². The highest BCUT2D eigenvalue weighted by molar-refractivity contribution is 5.29. The van der Waals surface area contributed by atoms with Crippen molar-refractivity contribution < 1.29 is 0 Å². The first kappa shape index (κ1) is 16.5. The van der Waals surface area contributed by atoms with Gasteiger partial charge in [0.2, 0.25) is 0 Å². The Morgan fingerprint density at radius 1 is 1.10 bits per heavy atom. The second-order valence-corrected chi connectivity index (χ2v) is 8.02. The summed E-state index contributed by atoms with van der Waals surface area (Å²) in [6.07, 6.45) is 5.68. The van der Waals surface area contributed by atoms with Crippen molar-refractivity contribution in [3.63, 3.8) is 0 Å². The molecule has 0 aliphatic heterocycles. The lowest BCUT2D eigenvalue weighted by Crippen LogP contribution is -2.31. The molecule has 1 saturated carbocycles. The summed E-state index contributed by atoms with van der Waals surface area (Å²) in [4.78, 5) is 0. The van der Waals surface area contributed by atoms with Gasteiger partial charge in [0, 0.05) is 6.04 Å². The van der Waals surface area contributed by atoms with Crippen LogP contribution in [0, 0.1) is 11.8 Å². The second-order valence-electron chi connectivity index (χ2n) is 8.02. The maximum Gasteiger partial charge on any atom is 0.0291 e. The Morgan fingerprint density at radius 2 is 1.71 bits per heavy atom. The molecule has 1 aromatic carbocycles. The molecular formula is C20H33N. The molecule has 3 atom stereocenters. The zero-order valence-corrected chi connectivity index (χ0v) is 14.6. The first-order valence-electron chi connectivity index (χ1n) is 8.72. The molecule has 0 spiro atoms. The zero-order chi connectivity index (χ0) is 15.5. The Balaban J connectivity index is 1.89. The summed E-state index contributed by atoms with van der Waals surface area (Å²) in [7, 11) is 0. The molecule has 0 saturated heterocycles. The Labute approximate surface area is 131 Å². The van der Waals surface area contributed by atoms with Crippen molar-refractivity contribution in [1.82, 2.24) is 5.32 Å². The molecule has 1 aliphatic rings. The van der Waals surface area contributed by atoms with Gasteiger partial charge in [-0.25, -0.2) is 0 Å². The van der Waals surface area contributed by atoms with Crippen molar-refractivity contribution in [2.75, 3.05) is 6.54 Å². The van der Waals surface area contributed by atoms with Crippen LogP contribution in [0.25, 0.3) is 0 Å². The molecule has 1 nitrogen and oxygen atoms in total. The fraction of sp³-hybridized carbons (Fsp3) is 0.700. The van der Waals surface area contributed by atoms with Gasteiger partial charge in [-0.15, -0.1) is 0 Å². The molecule has 21 heavy (non-hydrogen) atoms. The van der Waals surface area contributed by atoms with Gasteiger partial charge in [-0.2, -0.15) is 0 Å². The average Bonchev–Trinajstić information content (AvgIpc) is 2.45. The standard InChI is InChI=1S/C20H33N/c1-15-8-6-7-9-18(15)14-21-16(2)17-10-12-19(13-11-17)20(3,4)5/h10-13,15-16,18,21H,6-9,14H2,1-5H3. The molecule has 0 bridgehead atoms. The third kappa shape index (κ3) is 4.57. The molecule has 1 fully saturated rings. The Bertz CT molecular complexity index is 426. The average molecular weight is 287 g/mol. The molecule has 1 aromatic rings. The molecule has 0 amide bonds. The van der Waals surface area contributed by atoms with E-state index in [4.69, 9.17) is 0 Å². The minimum Gasteiger partial charge on any atom is -0.310 e. The molecule has 118 valence electrons. The highest BCUT2D eigenvalue weighted by Gasteiger charge is 2.21. The quantitative estimate of drug-likeness (QED) is 0.775. The summed E-state index contributed by atoms with van der Waals surface area (Å²) in [5.41, 5.74) is 3.07. The van der Waals surface area contributed by atoms with Gasteiger partial charge >= 0.3 is 0 Å². The van der Waals surface area contributed by atoms with E-state index in [-0.39, 0.29) is 5.41 Å². The van der Waals surface area contributed by atoms with Crippen LogP contribution >= 0.6 is 0 Å². The summed E-state index contributed by atoms with van der Waals surface area (Å²) >= 11 is 0. The van der Waals surface area contributed by atoms with Gasteiger partial charge in [0.15, 0.2) is 0 Å². The van der Waals surface area contributed by atoms with Crippen LogP contribution in [-0.4, -0.2) is 6.54 Å². The summed E-state index contributed by atoms with van der Waals surface area (Å²) in [5, 5.41) is 3.76. The summed E-state index contributed by atoms with van der Waals surface area (Å²) in [5.74, 6) is 1.76. The van der Waals surface area contributed by atoms with E-state index in [1.165, 1.54) is 43.4 Å². The Hall–Kier alpha value is -0.820. The number of benzene rings is 1. The fourth-order valence-corrected chi connectivity index (χ4v) is 3.41. The first-order chi connectivity index (χ1) is 9.88. The summed E-state index contributed by atoms with van der Waals surface area (Å²) < 4.78 is 0. The third-order valence-corrected chi connectivity index (χ3v) is 5.25. The Kier molecular flexibility index (Phi) is 5.48. The van der Waals surface area contributed by atoms with Crippen molar-refractivity contribution in [2.24, 2.45) is 11.8 Å². The predicted octanol–water partition coefficient (Wildman–Crippen LogP) is 5.46. The van der Waals surface area contributed by atoms with Gasteiger partial charge in [0.25, 0.3) is 0 Å². The van der Waals surface area contributed by atoms with Crippen molar-refractivity contribution >= 4 is 0 Å². The van der Waals surface area contributed by atoms with Crippen LogP contribution in [0.3, 0.4) is 0 Å². The molecule has 0 heterocycles. The molecule has 0 radical (unpaired) electrons. The SMILES string of the molecule is CC(NCC1CCCCC1C)c1ccc(C(C)(C)C)cc1.